The average molecular weight is 337 g/mol. The molecule has 0 radical (unpaired) electrons. The van der Waals surface area contributed by atoms with Crippen molar-refractivity contribution < 1.29 is 13.5 Å². The number of piperidine rings is 1. The van der Waals surface area contributed by atoms with Crippen LogP contribution >= 0.6 is 0 Å². The Labute approximate surface area is 139 Å². The fourth-order valence-electron chi connectivity index (χ4n) is 4.06. The normalized spacial score (nSPS) is 32.2. The Morgan fingerprint density at radius 3 is 2.00 bits per heavy atom. The van der Waals surface area contributed by atoms with Crippen molar-refractivity contribution >= 4 is 10.0 Å². The highest BCUT2D eigenvalue weighted by Crippen LogP contribution is 2.43. The van der Waals surface area contributed by atoms with Crippen LogP contribution in [0.5, 0.6) is 0 Å². The second kappa shape index (κ2) is 5.30. The Hall–Kier alpha value is -0.910. The molecule has 3 atom stereocenters. The lowest BCUT2D eigenvalue weighted by atomic mass is 9.87. The van der Waals surface area contributed by atoms with Gasteiger partial charge in [0, 0.05) is 12.1 Å². The number of rotatable bonds is 2. The van der Waals surface area contributed by atoms with Crippen LogP contribution in [0.2, 0.25) is 0 Å². The van der Waals surface area contributed by atoms with Crippen LogP contribution in [0.15, 0.2) is 29.2 Å². The van der Waals surface area contributed by atoms with Crippen LogP contribution in [0.25, 0.3) is 0 Å². The van der Waals surface area contributed by atoms with Gasteiger partial charge in [-0.3, -0.25) is 0 Å². The molecule has 128 valence electrons. The third-order valence-corrected chi connectivity index (χ3v) is 7.22. The van der Waals surface area contributed by atoms with Gasteiger partial charge in [0.1, 0.15) is 0 Å². The Bertz CT molecular complexity index is 670. The second-order valence-electron chi connectivity index (χ2n) is 8.40. The van der Waals surface area contributed by atoms with Gasteiger partial charge in [-0.15, -0.1) is 0 Å². The summed E-state index contributed by atoms with van der Waals surface area (Å²) in [5.41, 5.74) is 0.389. The first kappa shape index (κ1) is 16.9. The quantitative estimate of drug-likeness (QED) is 0.902. The predicted molar refractivity (Wildman–Crippen MR) is 90.8 cm³/mol. The Morgan fingerprint density at radius 1 is 1.09 bits per heavy atom. The van der Waals surface area contributed by atoms with Gasteiger partial charge < -0.3 is 5.11 Å². The maximum absolute atomic E-state index is 13.1. The van der Waals surface area contributed by atoms with Crippen molar-refractivity contribution in [2.24, 2.45) is 0 Å². The van der Waals surface area contributed by atoms with Gasteiger partial charge in [-0.1, -0.05) is 32.9 Å². The summed E-state index contributed by atoms with van der Waals surface area (Å²) in [6, 6.07) is 7.13. The molecule has 0 aromatic heterocycles. The molecule has 1 aromatic carbocycles. The van der Waals surface area contributed by atoms with Gasteiger partial charge in [0.2, 0.25) is 10.0 Å². The molecule has 2 fully saturated rings. The maximum atomic E-state index is 13.1. The van der Waals surface area contributed by atoms with Gasteiger partial charge in [0.25, 0.3) is 0 Å². The molecule has 2 heterocycles. The number of fused-ring (bicyclic) bond motifs is 2. The first-order chi connectivity index (χ1) is 10.5. The highest BCUT2D eigenvalue weighted by atomic mass is 32.2. The molecule has 3 rings (SSSR count). The maximum Gasteiger partial charge on any atom is 0.243 e. The summed E-state index contributed by atoms with van der Waals surface area (Å²) < 4.78 is 27.8. The van der Waals surface area contributed by atoms with E-state index in [1.807, 2.05) is 19.1 Å². The van der Waals surface area contributed by atoms with E-state index in [1.165, 1.54) is 0 Å². The fourth-order valence-corrected chi connectivity index (χ4v) is 5.93. The molecular weight excluding hydrogens is 310 g/mol. The van der Waals surface area contributed by atoms with Crippen molar-refractivity contribution in [2.45, 2.75) is 81.4 Å². The molecule has 5 heteroatoms. The predicted octanol–water partition coefficient (Wildman–Crippen LogP) is 3.05. The number of benzene rings is 1. The van der Waals surface area contributed by atoms with Crippen molar-refractivity contribution in [3.05, 3.63) is 29.8 Å². The first-order valence-corrected chi connectivity index (χ1v) is 9.81. The standard InChI is InChI=1S/C18H27NO3S/c1-17(2,3)13-5-9-16(10-6-13)23(21,22)19-14-7-8-15(19)12-18(4,20)11-14/h5-6,9-10,14-15,20H,7-8,11-12H2,1-4H3/t14-,15+,18?. The topological polar surface area (TPSA) is 57.6 Å². The molecule has 4 nitrogen and oxygen atoms in total. The molecule has 1 unspecified atom stereocenters. The third-order valence-electron chi connectivity index (χ3n) is 5.20. The molecule has 1 N–H and O–H groups in total. The second-order valence-corrected chi connectivity index (χ2v) is 10.2. The van der Waals surface area contributed by atoms with E-state index in [-0.39, 0.29) is 17.5 Å². The lowest BCUT2D eigenvalue weighted by Gasteiger charge is -2.41. The van der Waals surface area contributed by atoms with Gasteiger partial charge in [0.15, 0.2) is 0 Å². The monoisotopic (exact) mass is 337 g/mol. The molecule has 2 aliphatic rings. The lowest BCUT2D eigenvalue weighted by Crippen LogP contribution is -2.51. The average Bonchev–Trinajstić information content (AvgIpc) is 2.72. The van der Waals surface area contributed by atoms with E-state index in [0.717, 1.165) is 18.4 Å². The first-order valence-electron chi connectivity index (χ1n) is 8.37. The van der Waals surface area contributed by atoms with Gasteiger partial charge in [-0.25, -0.2) is 8.42 Å². The molecule has 1 aromatic rings. The molecule has 0 spiro atoms. The van der Waals surface area contributed by atoms with Gasteiger partial charge >= 0.3 is 0 Å². The van der Waals surface area contributed by atoms with Crippen LogP contribution in [0, 0.1) is 0 Å². The van der Waals surface area contributed by atoms with E-state index >= 15 is 0 Å². The van der Waals surface area contributed by atoms with Crippen molar-refractivity contribution in [3.63, 3.8) is 0 Å². The minimum atomic E-state index is -3.49. The molecule has 23 heavy (non-hydrogen) atoms. The Balaban J connectivity index is 1.91. The zero-order chi connectivity index (χ0) is 17.0. The van der Waals surface area contributed by atoms with E-state index in [9.17, 15) is 13.5 Å². The molecule has 0 aliphatic carbocycles. The van der Waals surface area contributed by atoms with E-state index < -0.39 is 15.6 Å². The zero-order valence-electron chi connectivity index (χ0n) is 14.4. The summed E-state index contributed by atoms with van der Waals surface area (Å²) in [6.07, 6.45) is 2.76. The minimum absolute atomic E-state index is 0.00510. The van der Waals surface area contributed by atoms with E-state index in [4.69, 9.17) is 0 Å². The van der Waals surface area contributed by atoms with Gasteiger partial charge in [-0.05, 0) is 55.7 Å². The molecular formula is C18H27NO3S. The number of aliphatic hydroxyl groups is 1. The van der Waals surface area contributed by atoms with Crippen molar-refractivity contribution in [3.8, 4) is 0 Å². The number of hydrogen-bond donors (Lipinski definition) is 1. The summed E-state index contributed by atoms with van der Waals surface area (Å²) in [5, 5.41) is 10.3. The SMILES string of the molecule is CC1(O)C[C@H]2CC[C@@H](C1)N2S(=O)(=O)c1ccc(C(C)(C)C)cc1. The van der Waals surface area contributed by atoms with Gasteiger partial charge in [0.05, 0.1) is 10.5 Å². The van der Waals surface area contributed by atoms with Crippen molar-refractivity contribution in [2.75, 3.05) is 0 Å². The summed E-state index contributed by atoms with van der Waals surface area (Å²) in [4.78, 5) is 0.365. The van der Waals surface area contributed by atoms with Crippen LogP contribution in [0.4, 0.5) is 0 Å². The minimum Gasteiger partial charge on any atom is -0.390 e. The van der Waals surface area contributed by atoms with Crippen molar-refractivity contribution in [1.29, 1.82) is 0 Å². The van der Waals surface area contributed by atoms with Crippen LogP contribution < -0.4 is 0 Å². The molecule has 2 aliphatic heterocycles. The summed E-state index contributed by atoms with van der Waals surface area (Å²) in [7, 11) is -3.49. The molecule has 2 saturated heterocycles. The molecule has 0 saturated carbocycles. The van der Waals surface area contributed by atoms with Crippen LogP contribution in [-0.2, 0) is 15.4 Å². The van der Waals surface area contributed by atoms with E-state index in [1.54, 1.807) is 16.4 Å². The summed E-state index contributed by atoms with van der Waals surface area (Å²) in [6.45, 7) is 8.16. The zero-order valence-corrected chi connectivity index (χ0v) is 15.2. The van der Waals surface area contributed by atoms with Crippen LogP contribution in [0.3, 0.4) is 0 Å². The smallest absolute Gasteiger partial charge is 0.243 e. The number of hydrogen-bond acceptors (Lipinski definition) is 3. The number of nitrogens with zero attached hydrogens (tertiary/aromatic N) is 1. The lowest BCUT2D eigenvalue weighted by molar-refractivity contribution is -0.0131. The number of sulfonamides is 1. The van der Waals surface area contributed by atoms with E-state index in [0.29, 0.717) is 17.7 Å². The molecule has 0 amide bonds. The Morgan fingerprint density at radius 2 is 1.57 bits per heavy atom. The van der Waals surface area contributed by atoms with Crippen molar-refractivity contribution in [1.82, 2.24) is 4.31 Å². The molecule has 2 bridgehead atoms. The van der Waals surface area contributed by atoms with Crippen LogP contribution in [0.1, 0.15) is 58.9 Å². The summed E-state index contributed by atoms with van der Waals surface area (Å²) >= 11 is 0. The van der Waals surface area contributed by atoms with Crippen LogP contribution in [-0.4, -0.2) is 35.5 Å². The Kier molecular flexibility index (Phi) is 3.90. The summed E-state index contributed by atoms with van der Waals surface area (Å²) in [5.74, 6) is 0. The van der Waals surface area contributed by atoms with Gasteiger partial charge in [-0.2, -0.15) is 4.31 Å². The highest BCUT2D eigenvalue weighted by molar-refractivity contribution is 7.89. The third kappa shape index (κ3) is 3.06. The highest BCUT2D eigenvalue weighted by Gasteiger charge is 2.50. The fraction of sp³-hybridized carbons (Fsp3) is 0.667. The largest absolute Gasteiger partial charge is 0.390 e. The van der Waals surface area contributed by atoms with E-state index in [2.05, 4.69) is 20.8 Å².